The fourth-order valence-electron chi connectivity index (χ4n) is 4.41. The zero-order valence-corrected chi connectivity index (χ0v) is 15.5. The Balaban J connectivity index is 2.25. The number of rotatable bonds is 3. The van der Waals surface area contributed by atoms with E-state index in [0.717, 1.165) is 5.57 Å². The van der Waals surface area contributed by atoms with Crippen LogP contribution in [-0.4, -0.2) is 29.1 Å². The number of carbonyl (C=O) groups excluding carboxylic acids is 2. The zero-order valence-electron chi connectivity index (χ0n) is 15.5. The summed E-state index contributed by atoms with van der Waals surface area (Å²) in [4.78, 5) is 24.6. The minimum Gasteiger partial charge on any atom is -0.459 e. The van der Waals surface area contributed by atoms with Gasteiger partial charge in [0.1, 0.15) is 12.2 Å². The molecule has 0 aromatic carbocycles. The first-order chi connectivity index (χ1) is 11.1. The summed E-state index contributed by atoms with van der Waals surface area (Å²) in [5.74, 6) is -0.684. The van der Waals surface area contributed by atoms with Gasteiger partial charge in [0, 0.05) is 11.5 Å². The maximum Gasteiger partial charge on any atom is 0.333 e. The van der Waals surface area contributed by atoms with Gasteiger partial charge in [-0.25, -0.2) is 4.79 Å². The Labute approximate surface area is 145 Å². The number of aliphatic hydroxyl groups is 1. The molecule has 1 N–H and O–H groups in total. The summed E-state index contributed by atoms with van der Waals surface area (Å²) in [6, 6.07) is 0. The maximum atomic E-state index is 12.5. The Morgan fingerprint density at radius 3 is 2.54 bits per heavy atom. The lowest BCUT2D eigenvalue weighted by Crippen LogP contribution is -2.57. The highest BCUT2D eigenvalue weighted by molar-refractivity contribution is 5.89. The lowest BCUT2D eigenvalue weighted by atomic mass is 9.51. The summed E-state index contributed by atoms with van der Waals surface area (Å²) in [6.07, 6.45) is 2.68. The van der Waals surface area contributed by atoms with E-state index in [4.69, 9.17) is 4.74 Å². The highest BCUT2D eigenvalue weighted by atomic mass is 16.5. The Morgan fingerprint density at radius 2 is 2.00 bits per heavy atom. The fraction of sp³-hybridized carbons (Fsp3) is 0.700. The van der Waals surface area contributed by atoms with Gasteiger partial charge in [-0.3, -0.25) is 4.79 Å². The third kappa shape index (κ3) is 3.08. The third-order valence-electron chi connectivity index (χ3n) is 6.48. The van der Waals surface area contributed by atoms with E-state index >= 15 is 0 Å². The SMILES string of the molecule is C=C(C)[C@H]1C[C@@]2(C)[C@H](CC[C@@H](OC(=O)/C(C)=C\C)[C@@H]2C)[C@@H](O)C1=O. The van der Waals surface area contributed by atoms with Gasteiger partial charge in [0.05, 0.1) is 0 Å². The molecule has 2 aliphatic rings. The Kier molecular flexibility index (Phi) is 5.38. The maximum absolute atomic E-state index is 12.5. The summed E-state index contributed by atoms with van der Waals surface area (Å²) in [5, 5.41) is 10.6. The van der Waals surface area contributed by atoms with Gasteiger partial charge in [-0.1, -0.05) is 32.1 Å². The zero-order chi connectivity index (χ0) is 18.2. The Bertz CT molecular complexity index is 576. The highest BCUT2D eigenvalue weighted by Gasteiger charge is 2.56. The van der Waals surface area contributed by atoms with Crippen LogP contribution in [0.3, 0.4) is 0 Å². The number of hydrogen-bond acceptors (Lipinski definition) is 4. The topological polar surface area (TPSA) is 63.6 Å². The van der Waals surface area contributed by atoms with Crippen LogP contribution >= 0.6 is 0 Å². The van der Waals surface area contributed by atoms with Crippen LogP contribution in [0.15, 0.2) is 23.8 Å². The largest absolute Gasteiger partial charge is 0.459 e. The van der Waals surface area contributed by atoms with E-state index in [1.54, 1.807) is 13.0 Å². The standard InChI is InChI=1S/C20H30O4/c1-7-12(4)19(23)24-16-9-8-15-18(22)17(21)14(11(2)3)10-20(15,6)13(16)5/h7,13-16,18,22H,2,8-10H2,1,3-6H3/b12-7-/t13-,14+,15+,16+,18+,20+/m0/s1. The summed E-state index contributed by atoms with van der Waals surface area (Å²) in [5.41, 5.74) is 1.16. The Morgan fingerprint density at radius 1 is 1.38 bits per heavy atom. The first-order valence-electron chi connectivity index (χ1n) is 8.84. The lowest BCUT2D eigenvalue weighted by Gasteiger charge is -2.55. The van der Waals surface area contributed by atoms with Crippen molar-refractivity contribution in [3.05, 3.63) is 23.8 Å². The van der Waals surface area contributed by atoms with E-state index in [1.807, 2.05) is 13.8 Å². The van der Waals surface area contributed by atoms with E-state index in [9.17, 15) is 14.7 Å². The van der Waals surface area contributed by atoms with Gasteiger partial charge >= 0.3 is 5.97 Å². The van der Waals surface area contributed by atoms with Crippen LogP contribution in [0.25, 0.3) is 0 Å². The molecule has 4 nitrogen and oxygen atoms in total. The molecule has 0 saturated heterocycles. The molecule has 4 heteroatoms. The first kappa shape index (κ1) is 18.9. The van der Waals surface area contributed by atoms with Crippen molar-refractivity contribution in [3.63, 3.8) is 0 Å². The smallest absolute Gasteiger partial charge is 0.333 e. The summed E-state index contributed by atoms with van der Waals surface area (Å²) in [7, 11) is 0. The summed E-state index contributed by atoms with van der Waals surface area (Å²) in [6.45, 7) is 13.5. The van der Waals surface area contributed by atoms with Crippen molar-refractivity contribution in [3.8, 4) is 0 Å². The quantitative estimate of drug-likeness (QED) is 0.488. The number of ketones is 1. The van der Waals surface area contributed by atoms with Crippen molar-refractivity contribution in [2.45, 2.75) is 66.1 Å². The molecule has 0 bridgehead atoms. The first-order valence-corrected chi connectivity index (χ1v) is 8.84. The molecule has 0 aliphatic heterocycles. The van der Waals surface area contributed by atoms with Crippen LogP contribution in [0.1, 0.15) is 53.9 Å². The van der Waals surface area contributed by atoms with Crippen LogP contribution in [0, 0.1) is 23.2 Å². The molecule has 0 radical (unpaired) electrons. The second kappa shape index (κ2) is 6.83. The van der Waals surface area contributed by atoms with Crippen molar-refractivity contribution in [2.24, 2.45) is 23.2 Å². The molecule has 6 atom stereocenters. The normalized spacial score (nSPS) is 40.0. The number of Topliss-reactive ketones (excluding diaryl/α,β-unsaturated/α-hetero) is 1. The molecule has 0 aromatic rings. The predicted molar refractivity (Wildman–Crippen MR) is 93.2 cm³/mol. The number of esters is 1. The number of aliphatic hydroxyl groups excluding tert-OH is 1. The predicted octanol–water partition coefficient (Wildman–Crippen LogP) is 3.44. The number of carbonyl (C=O) groups is 2. The van der Waals surface area contributed by atoms with Gasteiger partial charge in [0.25, 0.3) is 0 Å². The van der Waals surface area contributed by atoms with Crippen LogP contribution in [-0.2, 0) is 14.3 Å². The van der Waals surface area contributed by atoms with Gasteiger partial charge in [-0.2, -0.15) is 0 Å². The van der Waals surface area contributed by atoms with Gasteiger partial charge in [0.15, 0.2) is 5.78 Å². The van der Waals surface area contributed by atoms with E-state index in [0.29, 0.717) is 24.8 Å². The number of allylic oxidation sites excluding steroid dienone is 2. The van der Waals surface area contributed by atoms with Crippen LogP contribution in [0.2, 0.25) is 0 Å². The number of fused-ring (bicyclic) bond motifs is 1. The van der Waals surface area contributed by atoms with Crippen molar-refractivity contribution in [2.75, 3.05) is 0 Å². The fourth-order valence-corrected chi connectivity index (χ4v) is 4.41. The molecule has 2 fully saturated rings. The lowest BCUT2D eigenvalue weighted by molar-refractivity contribution is -0.173. The molecular formula is C20H30O4. The monoisotopic (exact) mass is 334 g/mol. The molecule has 24 heavy (non-hydrogen) atoms. The van der Waals surface area contributed by atoms with Gasteiger partial charge < -0.3 is 9.84 Å². The van der Waals surface area contributed by atoms with Crippen molar-refractivity contribution < 1.29 is 19.4 Å². The van der Waals surface area contributed by atoms with Crippen molar-refractivity contribution in [1.29, 1.82) is 0 Å². The average molecular weight is 334 g/mol. The molecule has 0 heterocycles. The minimum atomic E-state index is -0.943. The minimum absolute atomic E-state index is 0.0756. The number of hydrogen-bond donors (Lipinski definition) is 1. The second-order valence-corrected chi connectivity index (χ2v) is 7.84. The average Bonchev–Trinajstić information content (AvgIpc) is 2.54. The second-order valence-electron chi connectivity index (χ2n) is 7.84. The molecular weight excluding hydrogens is 304 g/mol. The summed E-state index contributed by atoms with van der Waals surface area (Å²) < 4.78 is 5.73. The van der Waals surface area contributed by atoms with E-state index in [1.165, 1.54) is 0 Å². The van der Waals surface area contributed by atoms with Crippen molar-refractivity contribution >= 4 is 11.8 Å². The molecule has 0 amide bonds. The number of ether oxygens (including phenoxy) is 1. The molecule has 0 aromatic heterocycles. The third-order valence-corrected chi connectivity index (χ3v) is 6.48. The van der Waals surface area contributed by atoms with Crippen LogP contribution in [0.4, 0.5) is 0 Å². The molecule has 0 unspecified atom stereocenters. The molecule has 2 rings (SSSR count). The van der Waals surface area contributed by atoms with Crippen molar-refractivity contribution in [1.82, 2.24) is 0 Å². The van der Waals surface area contributed by atoms with E-state index in [-0.39, 0.29) is 41.0 Å². The summed E-state index contributed by atoms with van der Waals surface area (Å²) >= 11 is 0. The van der Waals surface area contributed by atoms with Gasteiger partial charge in [-0.15, -0.1) is 0 Å². The van der Waals surface area contributed by atoms with Crippen LogP contribution < -0.4 is 0 Å². The van der Waals surface area contributed by atoms with E-state index < -0.39 is 6.10 Å². The van der Waals surface area contributed by atoms with E-state index in [2.05, 4.69) is 20.4 Å². The molecule has 0 spiro atoms. The van der Waals surface area contributed by atoms with Crippen LogP contribution in [0.5, 0.6) is 0 Å². The highest BCUT2D eigenvalue weighted by Crippen LogP contribution is 2.55. The van der Waals surface area contributed by atoms with Gasteiger partial charge in [0.2, 0.25) is 0 Å². The molecule has 2 aliphatic carbocycles. The van der Waals surface area contributed by atoms with Gasteiger partial charge in [-0.05, 0) is 57.3 Å². The molecule has 2 saturated carbocycles. The Hall–Kier alpha value is -1.42. The molecule has 134 valence electrons.